The smallest absolute Gasteiger partial charge is 0.139 e. The Labute approximate surface area is 304 Å². The summed E-state index contributed by atoms with van der Waals surface area (Å²) < 4.78 is 2.03. The summed E-state index contributed by atoms with van der Waals surface area (Å²) >= 11 is 0. The van der Waals surface area contributed by atoms with Crippen LogP contribution >= 0.6 is 0 Å². The monoisotopic (exact) mass is 824 g/mol. The summed E-state index contributed by atoms with van der Waals surface area (Å²) in [6.07, 6.45) is 1.87. The van der Waals surface area contributed by atoms with E-state index in [1.807, 2.05) is 77.5 Å². The van der Waals surface area contributed by atoms with Gasteiger partial charge >= 0.3 is 0 Å². The summed E-state index contributed by atoms with van der Waals surface area (Å²) in [5, 5.41) is 15.4. The second-order valence-corrected chi connectivity index (χ2v) is 12.0. The number of para-hydroxylation sites is 4. The Hall–Kier alpha value is -6.03. The number of aromatic nitrogens is 3. The standard InChI is InChI=1S/C44H29N4O.Pt/c49-42-20-9-8-19-41(42)48-40-18-7-6-17-37(40)38-23-24-39(46-44(38)48)34-13-10-16-36(28-34)47(35-14-2-1-3-15-35)43-29-33(25-26-45-43)32-22-21-30-11-4-5-12-31(30)27-32;/h1-27,29,49H;/q-1;. The van der Waals surface area contributed by atoms with Gasteiger partial charge in [0, 0.05) is 43.7 Å². The molecule has 0 atom stereocenters. The van der Waals surface area contributed by atoms with Crippen molar-refractivity contribution in [2.75, 3.05) is 4.90 Å². The third-order valence-electron chi connectivity index (χ3n) is 9.01. The maximum atomic E-state index is 10.9. The Balaban J connectivity index is 0.00000361. The van der Waals surface area contributed by atoms with Gasteiger partial charge in [-0.25, -0.2) is 4.98 Å². The van der Waals surface area contributed by atoms with Crippen LogP contribution in [-0.2, 0) is 21.1 Å². The molecule has 0 aliphatic heterocycles. The van der Waals surface area contributed by atoms with Gasteiger partial charge in [0.15, 0.2) is 0 Å². The molecule has 0 radical (unpaired) electrons. The number of fused-ring (bicyclic) bond motifs is 4. The van der Waals surface area contributed by atoms with Crippen LogP contribution in [-0.4, -0.2) is 19.6 Å². The molecule has 0 unspecified atom stereocenters. The molecule has 0 amide bonds. The number of benzene rings is 6. The molecule has 0 fully saturated rings. The summed E-state index contributed by atoms with van der Waals surface area (Å²) in [7, 11) is 0. The predicted octanol–water partition coefficient (Wildman–Crippen LogP) is 11.0. The minimum atomic E-state index is 0. The molecule has 1 N–H and O–H groups in total. The van der Waals surface area contributed by atoms with Crippen molar-refractivity contribution in [3.63, 3.8) is 0 Å². The zero-order chi connectivity index (χ0) is 32.7. The summed E-state index contributed by atoms with van der Waals surface area (Å²) in [6.45, 7) is 0. The Morgan fingerprint density at radius 2 is 1.36 bits per heavy atom. The fourth-order valence-corrected chi connectivity index (χ4v) is 6.68. The van der Waals surface area contributed by atoms with Crippen molar-refractivity contribution in [3.8, 4) is 33.8 Å². The van der Waals surface area contributed by atoms with Crippen LogP contribution in [0.15, 0.2) is 170 Å². The van der Waals surface area contributed by atoms with Crippen molar-refractivity contribution < 1.29 is 26.2 Å². The van der Waals surface area contributed by atoms with E-state index in [0.717, 1.165) is 61.5 Å². The van der Waals surface area contributed by atoms with Gasteiger partial charge in [-0.2, -0.15) is 0 Å². The molecule has 3 aromatic heterocycles. The van der Waals surface area contributed by atoms with Crippen molar-refractivity contribution in [2.45, 2.75) is 0 Å². The van der Waals surface area contributed by atoms with Gasteiger partial charge in [0.1, 0.15) is 17.2 Å². The van der Waals surface area contributed by atoms with Crippen LogP contribution in [0.4, 0.5) is 17.2 Å². The molecule has 242 valence electrons. The van der Waals surface area contributed by atoms with E-state index in [1.165, 1.54) is 10.8 Å². The number of nitrogens with zero attached hydrogens (tertiary/aromatic N) is 4. The van der Waals surface area contributed by atoms with Gasteiger partial charge < -0.3 is 10.0 Å². The van der Waals surface area contributed by atoms with Gasteiger partial charge in [0.25, 0.3) is 0 Å². The fraction of sp³-hybridized carbons (Fsp3) is 0. The second kappa shape index (κ2) is 13.1. The van der Waals surface area contributed by atoms with E-state index in [9.17, 15) is 5.11 Å². The SMILES string of the molecule is Oc1ccccc1-n1c2ccccc2c2ccc(-c3[c-]c(N(c4ccccc4)c4cc(-c5ccc6ccccc6c5)ccn4)ccc3)nc21.[Pt]. The number of pyridine rings is 2. The first kappa shape index (κ1) is 31.2. The number of hydrogen-bond acceptors (Lipinski definition) is 4. The van der Waals surface area contributed by atoms with E-state index < -0.39 is 0 Å². The van der Waals surface area contributed by atoms with Crippen LogP contribution in [0, 0.1) is 6.07 Å². The van der Waals surface area contributed by atoms with Gasteiger partial charge in [-0.15, -0.1) is 29.8 Å². The van der Waals surface area contributed by atoms with Gasteiger partial charge in [-0.1, -0.05) is 97.1 Å². The molecule has 5 nitrogen and oxygen atoms in total. The number of rotatable bonds is 6. The molecule has 0 bridgehead atoms. The zero-order valence-corrected chi connectivity index (χ0v) is 29.0. The van der Waals surface area contributed by atoms with Gasteiger partial charge in [-0.05, 0) is 81.8 Å². The summed E-state index contributed by atoms with van der Waals surface area (Å²) in [5.74, 6) is 0.983. The maximum Gasteiger partial charge on any atom is 0.139 e. The van der Waals surface area contributed by atoms with Gasteiger partial charge in [-0.3, -0.25) is 9.55 Å². The van der Waals surface area contributed by atoms with Crippen molar-refractivity contribution >= 4 is 49.9 Å². The average Bonchev–Trinajstić information content (AvgIpc) is 3.49. The second-order valence-electron chi connectivity index (χ2n) is 12.0. The molecule has 0 saturated heterocycles. The first-order valence-corrected chi connectivity index (χ1v) is 16.2. The van der Waals surface area contributed by atoms with E-state index in [0.29, 0.717) is 5.69 Å². The van der Waals surface area contributed by atoms with E-state index in [4.69, 9.17) is 9.97 Å². The van der Waals surface area contributed by atoms with E-state index in [2.05, 4.69) is 102 Å². The summed E-state index contributed by atoms with van der Waals surface area (Å²) in [4.78, 5) is 12.2. The quantitative estimate of drug-likeness (QED) is 0.170. The predicted molar refractivity (Wildman–Crippen MR) is 200 cm³/mol. The van der Waals surface area contributed by atoms with E-state index >= 15 is 0 Å². The van der Waals surface area contributed by atoms with E-state index in [1.54, 1.807) is 6.07 Å². The normalized spacial score (nSPS) is 11.1. The van der Waals surface area contributed by atoms with Crippen LogP contribution in [0.5, 0.6) is 5.75 Å². The summed E-state index contributed by atoms with van der Waals surface area (Å²) in [5.41, 5.74) is 8.08. The third-order valence-corrected chi connectivity index (χ3v) is 9.01. The van der Waals surface area contributed by atoms with Gasteiger partial charge in [0.2, 0.25) is 0 Å². The van der Waals surface area contributed by atoms with Crippen LogP contribution in [0.1, 0.15) is 0 Å². The van der Waals surface area contributed by atoms with Crippen molar-refractivity contribution in [1.29, 1.82) is 0 Å². The molecule has 0 aliphatic carbocycles. The molecule has 9 rings (SSSR count). The zero-order valence-electron chi connectivity index (χ0n) is 26.7. The molecular weight excluding hydrogens is 796 g/mol. The largest absolute Gasteiger partial charge is 0.506 e. The molecule has 9 aromatic rings. The molecule has 0 aliphatic rings. The minimum absolute atomic E-state index is 0. The Morgan fingerprint density at radius 3 is 2.24 bits per heavy atom. The van der Waals surface area contributed by atoms with Crippen LogP contribution in [0.25, 0.3) is 60.8 Å². The molecule has 50 heavy (non-hydrogen) atoms. The van der Waals surface area contributed by atoms with Crippen molar-refractivity contribution in [2.24, 2.45) is 0 Å². The summed E-state index contributed by atoms with van der Waals surface area (Å²) in [6, 6.07) is 59.0. The number of aromatic hydroxyl groups is 1. The topological polar surface area (TPSA) is 54.2 Å². The number of anilines is 3. The van der Waals surface area contributed by atoms with Crippen LogP contribution < -0.4 is 4.90 Å². The molecular formula is C44H29N4OPt-. The molecule has 6 heteroatoms. The van der Waals surface area contributed by atoms with Crippen molar-refractivity contribution in [3.05, 3.63) is 176 Å². The molecule has 6 aromatic carbocycles. The number of phenols is 1. The number of phenolic OH excluding ortho intramolecular Hbond substituents is 1. The first-order chi connectivity index (χ1) is 24.2. The number of hydrogen-bond donors (Lipinski definition) is 1. The average molecular weight is 825 g/mol. The third kappa shape index (κ3) is 5.52. The van der Waals surface area contributed by atoms with E-state index in [-0.39, 0.29) is 26.8 Å². The molecule has 0 saturated carbocycles. The minimum Gasteiger partial charge on any atom is -0.506 e. The van der Waals surface area contributed by atoms with Crippen LogP contribution in [0.2, 0.25) is 0 Å². The Bertz CT molecular complexity index is 2650. The Morgan fingerprint density at radius 1 is 0.600 bits per heavy atom. The van der Waals surface area contributed by atoms with Crippen molar-refractivity contribution in [1.82, 2.24) is 14.5 Å². The fourth-order valence-electron chi connectivity index (χ4n) is 6.68. The van der Waals surface area contributed by atoms with Gasteiger partial charge in [0.05, 0.1) is 11.2 Å². The molecule has 3 heterocycles. The Kier molecular flexibility index (Phi) is 8.20. The first-order valence-electron chi connectivity index (χ1n) is 16.2. The molecule has 0 spiro atoms. The van der Waals surface area contributed by atoms with Crippen LogP contribution in [0.3, 0.4) is 0 Å². The maximum absolute atomic E-state index is 10.9.